The molecule has 2 rings (SSSR count). The highest BCUT2D eigenvalue weighted by Gasteiger charge is 2.08. The Labute approximate surface area is 100 Å². The van der Waals surface area contributed by atoms with Crippen LogP contribution in [0.1, 0.15) is 36.0 Å². The van der Waals surface area contributed by atoms with Crippen molar-refractivity contribution in [2.45, 2.75) is 26.7 Å². The first kappa shape index (κ1) is 11.6. The second kappa shape index (κ2) is 4.99. The third kappa shape index (κ3) is 2.64. The van der Waals surface area contributed by atoms with E-state index in [4.69, 9.17) is 4.42 Å². The summed E-state index contributed by atoms with van der Waals surface area (Å²) in [6.45, 7) is 4.60. The van der Waals surface area contributed by atoms with Crippen LogP contribution in [0.2, 0.25) is 0 Å². The number of nitrogens with zero attached hydrogens (tertiary/aromatic N) is 1. The van der Waals surface area contributed by atoms with Gasteiger partial charge in [-0.15, -0.1) is 0 Å². The lowest BCUT2D eigenvalue weighted by molar-refractivity contribution is 0.0953. The largest absolute Gasteiger partial charge is 0.441 e. The topological polar surface area (TPSA) is 55.1 Å². The van der Waals surface area contributed by atoms with Crippen molar-refractivity contribution in [2.24, 2.45) is 0 Å². The van der Waals surface area contributed by atoms with Gasteiger partial charge in [-0.1, -0.05) is 13.3 Å². The first-order valence-electron chi connectivity index (χ1n) is 5.86. The Morgan fingerprint density at radius 2 is 2.29 bits per heavy atom. The molecule has 0 fully saturated rings. The SMILES string of the molecule is CCCCNC(=O)c1ccc2nc(C)oc2c1. The standard InChI is InChI=1S/C13H16N2O2/c1-3-4-7-14-13(16)10-5-6-11-12(8-10)17-9(2)15-11/h5-6,8H,3-4,7H2,1-2H3,(H,14,16). The van der Waals surface area contributed by atoms with Gasteiger partial charge in [0.15, 0.2) is 11.5 Å². The zero-order chi connectivity index (χ0) is 12.3. The summed E-state index contributed by atoms with van der Waals surface area (Å²) in [6.07, 6.45) is 2.07. The molecule has 90 valence electrons. The second-order valence-corrected chi connectivity index (χ2v) is 4.02. The van der Waals surface area contributed by atoms with E-state index in [2.05, 4.69) is 17.2 Å². The maximum atomic E-state index is 11.8. The van der Waals surface area contributed by atoms with Crippen LogP contribution in [0.5, 0.6) is 0 Å². The van der Waals surface area contributed by atoms with E-state index in [1.54, 1.807) is 25.1 Å². The highest BCUT2D eigenvalue weighted by atomic mass is 16.3. The molecule has 1 N–H and O–H groups in total. The van der Waals surface area contributed by atoms with Gasteiger partial charge in [0.1, 0.15) is 5.52 Å². The zero-order valence-corrected chi connectivity index (χ0v) is 10.1. The molecule has 4 nitrogen and oxygen atoms in total. The molecule has 0 radical (unpaired) electrons. The van der Waals surface area contributed by atoms with E-state index in [1.165, 1.54) is 0 Å². The summed E-state index contributed by atoms with van der Waals surface area (Å²) in [5.74, 6) is 0.554. The van der Waals surface area contributed by atoms with E-state index >= 15 is 0 Å². The summed E-state index contributed by atoms with van der Waals surface area (Å²) >= 11 is 0. The quantitative estimate of drug-likeness (QED) is 0.824. The Morgan fingerprint density at radius 3 is 3.06 bits per heavy atom. The molecule has 4 heteroatoms. The van der Waals surface area contributed by atoms with Crippen LogP contribution in [0.3, 0.4) is 0 Å². The minimum Gasteiger partial charge on any atom is -0.441 e. The molecule has 0 saturated carbocycles. The Balaban J connectivity index is 2.15. The Bertz CT molecular complexity index is 531. The predicted octanol–water partition coefficient (Wildman–Crippen LogP) is 2.67. The van der Waals surface area contributed by atoms with Gasteiger partial charge in [0.25, 0.3) is 5.91 Å². The van der Waals surface area contributed by atoms with Gasteiger partial charge < -0.3 is 9.73 Å². The van der Waals surface area contributed by atoms with E-state index in [9.17, 15) is 4.79 Å². The van der Waals surface area contributed by atoms with Crippen LogP contribution in [0.4, 0.5) is 0 Å². The molecule has 1 amide bonds. The number of unbranched alkanes of at least 4 members (excludes halogenated alkanes) is 1. The van der Waals surface area contributed by atoms with Crippen molar-refractivity contribution in [3.05, 3.63) is 29.7 Å². The molecule has 0 aliphatic heterocycles. The fourth-order valence-corrected chi connectivity index (χ4v) is 1.66. The van der Waals surface area contributed by atoms with Crippen molar-refractivity contribution in [3.63, 3.8) is 0 Å². The molecular formula is C13H16N2O2. The highest BCUT2D eigenvalue weighted by Crippen LogP contribution is 2.16. The first-order chi connectivity index (χ1) is 8.20. The van der Waals surface area contributed by atoms with Gasteiger partial charge in [0, 0.05) is 19.0 Å². The summed E-state index contributed by atoms with van der Waals surface area (Å²) in [5.41, 5.74) is 2.06. The average molecular weight is 232 g/mol. The Hall–Kier alpha value is -1.84. The van der Waals surface area contributed by atoms with Gasteiger partial charge in [-0.05, 0) is 24.6 Å². The number of oxazole rings is 1. The van der Waals surface area contributed by atoms with Crippen molar-refractivity contribution in [1.82, 2.24) is 10.3 Å². The number of carbonyl (C=O) groups excluding carboxylic acids is 1. The van der Waals surface area contributed by atoms with Crippen LogP contribution in [0.15, 0.2) is 22.6 Å². The average Bonchev–Trinajstić information content (AvgIpc) is 2.68. The molecule has 2 aromatic rings. The van der Waals surface area contributed by atoms with Crippen LogP contribution in [-0.2, 0) is 0 Å². The van der Waals surface area contributed by atoms with Crippen LogP contribution >= 0.6 is 0 Å². The van der Waals surface area contributed by atoms with Crippen molar-refractivity contribution in [3.8, 4) is 0 Å². The van der Waals surface area contributed by atoms with E-state index in [0.717, 1.165) is 18.4 Å². The molecule has 0 spiro atoms. The van der Waals surface area contributed by atoms with Gasteiger partial charge >= 0.3 is 0 Å². The fourth-order valence-electron chi connectivity index (χ4n) is 1.66. The number of rotatable bonds is 4. The van der Waals surface area contributed by atoms with Gasteiger partial charge in [0.05, 0.1) is 0 Å². The van der Waals surface area contributed by atoms with Crippen LogP contribution in [0, 0.1) is 6.92 Å². The lowest BCUT2D eigenvalue weighted by Crippen LogP contribution is -2.24. The number of benzene rings is 1. The molecule has 1 heterocycles. The Kier molecular flexibility index (Phi) is 3.42. The van der Waals surface area contributed by atoms with E-state index in [0.29, 0.717) is 23.6 Å². The number of fused-ring (bicyclic) bond motifs is 1. The molecule has 0 saturated heterocycles. The number of aromatic nitrogens is 1. The number of amides is 1. The van der Waals surface area contributed by atoms with Gasteiger partial charge in [-0.25, -0.2) is 4.98 Å². The molecule has 1 aromatic heterocycles. The van der Waals surface area contributed by atoms with Gasteiger partial charge in [0.2, 0.25) is 0 Å². The summed E-state index contributed by atoms with van der Waals surface area (Å²) in [6, 6.07) is 5.31. The van der Waals surface area contributed by atoms with Crippen molar-refractivity contribution >= 4 is 17.0 Å². The summed E-state index contributed by atoms with van der Waals surface area (Å²) < 4.78 is 5.39. The minimum absolute atomic E-state index is 0.0607. The molecule has 0 bridgehead atoms. The molecule has 0 aliphatic rings. The van der Waals surface area contributed by atoms with E-state index < -0.39 is 0 Å². The first-order valence-corrected chi connectivity index (χ1v) is 5.86. The monoisotopic (exact) mass is 232 g/mol. The zero-order valence-electron chi connectivity index (χ0n) is 10.1. The summed E-state index contributed by atoms with van der Waals surface area (Å²) in [7, 11) is 0. The van der Waals surface area contributed by atoms with Crippen molar-refractivity contribution < 1.29 is 9.21 Å². The van der Waals surface area contributed by atoms with Crippen molar-refractivity contribution in [1.29, 1.82) is 0 Å². The van der Waals surface area contributed by atoms with Crippen LogP contribution in [0.25, 0.3) is 11.1 Å². The van der Waals surface area contributed by atoms with Crippen molar-refractivity contribution in [2.75, 3.05) is 6.54 Å². The number of hydrogen-bond donors (Lipinski definition) is 1. The molecule has 0 atom stereocenters. The fraction of sp³-hybridized carbons (Fsp3) is 0.385. The molecular weight excluding hydrogens is 216 g/mol. The summed E-state index contributed by atoms with van der Waals surface area (Å²) in [5, 5.41) is 2.87. The lowest BCUT2D eigenvalue weighted by atomic mass is 10.2. The van der Waals surface area contributed by atoms with Gasteiger partial charge in [-0.3, -0.25) is 4.79 Å². The summed E-state index contributed by atoms with van der Waals surface area (Å²) in [4.78, 5) is 16.0. The molecule has 1 aromatic carbocycles. The maximum absolute atomic E-state index is 11.8. The third-order valence-electron chi connectivity index (χ3n) is 2.57. The van der Waals surface area contributed by atoms with Crippen LogP contribution < -0.4 is 5.32 Å². The smallest absolute Gasteiger partial charge is 0.251 e. The highest BCUT2D eigenvalue weighted by molar-refractivity contribution is 5.96. The van der Waals surface area contributed by atoms with Crippen LogP contribution in [-0.4, -0.2) is 17.4 Å². The number of nitrogens with one attached hydrogen (secondary N) is 1. The van der Waals surface area contributed by atoms with E-state index in [1.807, 2.05) is 0 Å². The number of aryl methyl sites for hydroxylation is 1. The molecule has 17 heavy (non-hydrogen) atoms. The van der Waals surface area contributed by atoms with E-state index in [-0.39, 0.29) is 5.91 Å². The minimum atomic E-state index is -0.0607. The number of carbonyl (C=O) groups is 1. The Morgan fingerprint density at radius 1 is 1.47 bits per heavy atom. The predicted molar refractivity (Wildman–Crippen MR) is 66.0 cm³/mol. The third-order valence-corrected chi connectivity index (χ3v) is 2.57. The molecule has 0 unspecified atom stereocenters. The molecule has 0 aliphatic carbocycles. The van der Waals surface area contributed by atoms with Gasteiger partial charge in [-0.2, -0.15) is 0 Å². The number of hydrogen-bond acceptors (Lipinski definition) is 3. The second-order valence-electron chi connectivity index (χ2n) is 4.02. The maximum Gasteiger partial charge on any atom is 0.251 e. The normalized spacial score (nSPS) is 10.7. The lowest BCUT2D eigenvalue weighted by Gasteiger charge is -2.03.